The maximum Gasteiger partial charge on any atom is 0.0968 e. The van der Waals surface area contributed by atoms with Crippen LogP contribution in [0.5, 0.6) is 0 Å². The minimum Gasteiger partial charge on any atom is -0.313 e. The lowest BCUT2D eigenvalue weighted by Crippen LogP contribution is -2.13. The van der Waals surface area contributed by atoms with Crippen molar-refractivity contribution < 1.29 is 0 Å². The summed E-state index contributed by atoms with van der Waals surface area (Å²) >= 11 is 7.74. The van der Waals surface area contributed by atoms with Gasteiger partial charge in [-0.25, -0.2) is 4.98 Å². The van der Waals surface area contributed by atoms with E-state index in [1.807, 2.05) is 23.7 Å². The van der Waals surface area contributed by atoms with Gasteiger partial charge in [-0.15, -0.1) is 11.3 Å². The highest BCUT2D eigenvalue weighted by Gasteiger charge is 2.06. The molecule has 1 aromatic carbocycles. The predicted octanol–water partition coefficient (Wildman–Crippen LogP) is 3.50. The van der Waals surface area contributed by atoms with Gasteiger partial charge in [0.2, 0.25) is 0 Å². The molecule has 0 amide bonds. The Labute approximate surface area is 111 Å². The number of aromatic nitrogens is 1. The lowest BCUT2D eigenvalue weighted by atomic mass is 10.0. The summed E-state index contributed by atoms with van der Waals surface area (Å²) in [7, 11) is 0. The van der Waals surface area contributed by atoms with Crippen LogP contribution in [0.15, 0.2) is 29.8 Å². The van der Waals surface area contributed by atoms with Crippen molar-refractivity contribution in [2.24, 2.45) is 0 Å². The molecule has 0 saturated heterocycles. The van der Waals surface area contributed by atoms with E-state index in [2.05, 4.69) is 23.3 Å². The number of thiazole rings is 1. The number of hydrogen-bond donors (Lipinski definition) is 1. The molecule has 0 spiro atoms. The number of halogens is 1. The maximum absolute atomic E-state index is 6.05. The van der Waals surface area contributed by atoms with E-state index in [9.17, 15) is 0 Å². The highest BCUT2D eigenvalue weighted by molar-refractivity contribution is 7.09. The molecule has 0 aliphatic rings. The Balaban J connectivity index is 2.20. The van der Waals surface area contributed by atoms with Crippen LogP contribution in [-0.4, -0.2) is 11.5 Å². The van der Waals surface area contributed by atoms with Gasteiger partial charge in [0, 0.05) is 29.6 Å². The van der Waals surface area contributed by atoms with Gasteiger partial charge < -0.3 is 5.32 Å². The molecule has 0 unspecified atom stereocenters. The zero-order valence-electron chi connectivity index (χ0n) is 9.74. The van der Waals surface area contributed by atoms with Crippen LogP contribution in [0, 0.1) is 0 Å². The smallest absolute Gasteiger partial charge is 0.0968 e. The number of nitrogens with zero attached hydrogens (tertiary/aromatic N) is 1. The van der Waals surface area contributed by atoms with E-state index in [-0.39, 0.29) is 0 Å². The second kappa shape index (κ2) is 6.15. The average molecular weight is 267 g/mol. The molecule has 0 fully saturated rings. The van der Waals surface area contributed by atoms with E-state index in [0.717, 1.165) is 29.5 Å². The van der Waals surface area contributed by atoms with Gasteiger partial charge in [-0.05, 0) is 29.8 Å². The zero-order valence-corrected chi connectivity index (χ0v) is 11.3. The highest BCUT2D eigenvalue weighted by atomic mass is 35.5. The van der Waals surface area contributed by atoms with Gasteiger partial charge in [0.1, 0.15) is 0 Å². The van der Waals surface area contributed by atoms with E-state index in [0.29, 0.717) is 0 Å². The van der Waals surface area contributed by atoms with E-state index >= 15 is 0 Å². The van der Waals surface area contributed by atoms with E-state index in [4.69, 9.17) is 11.6 Å². The van der Waals surface area contributed by atoms with Crippen molar-refractivity contribution in [3.05, 3.63) is 50.9 Å². The molecule has 17 heavy (non-hydrogen) atoms. The summed E-state index contributed by atoms with van der Waals surface area (Å²) in [4.78, 5) is 4.32. The lowest BCUT2D eigenvalue weighted by Gasteiger charge is -2.09. The van der Waals surface area contributed by atoms with Crippen LogP contribution in [0.25, 0.3) is 0 Å². The Morgan fingerprint density at radius 1 is 1.35 bits per heavy atom. The Morgan fingerprint density at radius 3 is 2.94 bits per heavy atom. The molecule has 0 saturated carbocycles. The van der Waals surface area contributed by atoms with Gasteiger partial charge in [-0.2, -0.15) is 0 Å². The molecule has 4 heteroatoms. The molecule has 1 heterocycles. The second-order valence-corrected chi connectivity index (χ2v) is 5.21. The van der Waals surface area contributed by atoms with E-state index in [1.54, 1.807) is 11.3 Å². The quantitative estimate of drug-likeness (QED) is 0.896. The summed E-state index contributed by atoms with van der Waals surface area (Å²) in [6.07, 6.45) is 2.70. The molecule has 90 valence electrons. The third-order valence-electron chi connectivity index (χ3n) is 2.56. The number of rotatable bonds is 5. The zero-order chi connectivity index (χ0) is 12.1. The first-order chi connectivity index (χ1) is 8.29. The van der Waals surface area contributed by atoms with E-state index in [1.165, 1.54) is 11.1 Å². The molecule has 0 aliphatic heterocycles. The SMILES string of the molecule is CCNCc1ccc(Cl)cc1Cc1nccs1. The average Bonchev–Trinajstić information content (AvgIpc) is 2.81. The second-order valence-electron chi connectivity index (χ2n) is 3.80. The molecular weight excluding hydrogens is 252 g/mol. The predicted molar refractivity (Wildman–Crippen MR) is 73.8 cm³/mol. The molecule has 2 aromatic rings. The first-order valence-electron chi connectivity index (χ1n) is 5.66. The van der Waals surface area contributed by atoms with Gasteiger partial charge in [0.15, 0.2) is 0 Å². The van der Waals surface area contributed by atoms with Crippen molar-refractivity contribution in [1.82, 2.24) is 10.3 Å². The van der Waals surface area contributed by atoms with Crippen LogP contribution in [-0.2, 0) is 13.0 Å². The maximum atomic E-state index is 6.05. The standard InChI is InChI=1S/C13H15ClN2S/c1-2-15-9-10-3-4-12(14)7-11(10)8-13-16-5-6-17-13/h3-7,15H,2,8-9H2,1H3. The molecule has 2 rings (SSSR count). The Bertz CT molecular complexity index is 468. The molecule has 0 aliphatic carbocycles. The fourth-order valence-corrected chi connectivity index (χ4v) is 2.53. The fraction of sp³-hybridized carbons (Fsp3) is 0.308. The van der Waals surface area contributed by atoms with Crippen molar-refractivity contribution >= 4 is 22.9 Å². The van der Waals surface area contributed by atoms with Crippen molar-refractivity contribution in [2.45, 2.75) is 19.9 Å². The summed E-state index contributed by atoms with van der Waals surface area (Å²) in [6, 6.07) is 6.07. The monoisotopic (exact) mass is 266 g/mol. The van der Waals surface area contributed by atoms with Crippen molar-refractivity contribution in [1.29, 1.82) is 0 Å². The van der Waals surface area contributed by atoms with Gasteiger partial charge >= 0.3 is 0 Å². The van der Waals surface area contributed by atoms with Crippen LogP contribution in [0.4, 0.5) is 0 Å². The molecular formula is C13H15ClN2S. The third kappa shape index (κ3) is 3.53. The third-order valence-corrected chi connectivity index (χ3v) is 3.57. The van der Waals surface area contributed by atoms with Crippen molar-refractivity contribution in [3.8, 4) is 0 Å². The molecule has 1 aromatic heterocycles. The van der Waals surface area contributed by atoms with Gasteiger partial charge in [-0.3, -0.25) is 0 Å². The van der Waals surface area contributed by atoms with Gasteiger partial charge in [-0.1, -0.05) is 24.6 Å². The topological polar surface area (TPSA) is 24.9 Å². The summed E-state index contributed by atoms with van der Waals surface area (Å²) in [5.41, 5.74) is 2.56. The molecule has 0 bridgehead atoms. The van der Waals surface area contributed by atoms with Gasteiger partial charge in [0.05, 0.1) is 5.01 Å². The minimum absolute atomic E-state index is 0.789. The van der Waals surface area contributed by atoms with Crippen molar-refractivity contribution in [3.63, 3.8) is 0 Å². The molecule has 0 atom stereocenters. The summed E-state index contributed by atoms with van der Waals surface area (Å²) in [5.74, 6) is 0. The van der Waals surface area contributed by atoms with Crippen LogP contribution in [0.3, 0.4) is 0 Å². The highest BCUT2D eigenvalue weighted by Crippen LogP contribution is 2.20. The van der Waals surface area contributed by atoms with Crippen molar-refractivity contribution in [2.75, 3.05) is 6.54 Å². The largest absolute Gasteiger partial charge is 0.313 e. The lowest BCUT2D eigenvalue weighted by molar-refractivity contribution is 0.721. The molecule has 1 N–H and O–H groups in total. The summed E-state index contributed by atoms with van der Waals surface area (Å²) < 4.78 is 0. The van der Waals surface area contributed by atoms with Crippen LogP contribution in [0.2, 0.25) is 5.02 Å². The Hall–Kier alpha value is -0.900. The minimum atomic E-state index is 0.789. The molecule has 0 radical (unpaired) electrons. The number of hydrogen-bond acceptors (Lipinski definition) is 3. The normalized spacial score (nSPS) is 10.7. The Kier molecular flexibility index (Phi) is 4.54. The first kappa shape index (κ1) is 12.6. The molecule has 2 nitrogen and oxygen atoms in total. The van der Waals surface area contributed by atoms with E-state index < -0.39 is 0 Å². The fourth-order valence-electron chi connectivity index (χ4n) is 1.69. The first-order valence-corrected chi connectivity index (χ1v) is 6.91. The number of nitrogens with one attached hydrogen (secondary N) is 1. The summed E-state index contributed by atoms with van der Waals surface area (Å²) in [5, 5.41) is 7.27. The van der Waals surface area contributed by atoms with Crippen LogP contribution < -0.4 is 5.32 Å². The van der Waals surface area contributed by atoms with Gasteiger partial charge in [0.25, 0.3) is 0 Å². The number of benzene rings is 1. The summed E-state index contributed by atoms with van der Waals surface area (Å²) in [6.45, 7) is 3.96. The van der Waals surface area contributed by atoms with Crippen LogP contribution >= 0.6 is 22.9 Å². The van der Waals surface area contributed by atoms with Crippen LogP contribution in [0.1, 0.15) is 23.1 Å². The Morgan fingerprint density at radius 2 is 2.24 bits per heavy atom.